The number of amides is 1. The van der Waals surface area contributed by atoms with E-state index in [-0.39, 0.29) is 17.9 Å². The van der Waals surface area contributed by atoms with Gasteiger partial charge in [0.25, 0.3) is 5.91 Å². The van der Waals surface area contributed by atoms with Crippen LogP contribution in [0.5, 0.6) is 0 Å². The second-order valence-corrected chi connectivity index (χ2v) is 5.55. The third-order valence-electron chi connectivity index (χ3n) is 3.94. The summed E-state index contributed by atoms with van der Waals surface area (Å²) in [7, 11) is 1.79. The van der Waals surface area contributed by atoms with Crippen LogP contribution < -0.4 is 0 Å². The molecule has 1 aliphatic rings. The summed E-state index contributed by atoms with van der Waals surface area (Å²) < 4.78 is 5.78. The maximum absolute atomic E-state index is 12.5. The predicted molar refractivity (Wildman–Crippen MR) is 79.4 cm³/mol. The van der Waals surface area contributed by atoms with Crippen molar-refractivity contribution in [2.45, 2.75) is 25.4 Å². The van der Waals surface area contributed by atoms with Crippen molar-refractivity contribution in [3.63, 3.8) is 0 Å². The highest BCUT2D eigenvalue weighted by molar-refractivity contribution is 5.94. The summed E-state index contributed by atoms with van der Waals surface area (Å²) in [6.45, 7) is 3.06. The van der Waals surface area contributed by atoms with Gasteiger partial charge in [0.2, 0.25) is 0 Å². The van der Waals surface area contributed by atoms with Gasteiger partial charge >= 0.3 is 0 Å². The van der Waals surface area contributed by atoms with Crippen molar-refractivity contribution in [1.82, 2.24) is 25.1 Å². The molecule has 2 aromatic rings. The van der Waals surface area contributed by atoms with Crippen LogP contribution in [0.3, 0.4) is 0 Å². The molecule has 0 saturated carbocycles. The van der Waals surface area contributed by atoms with Gasteiger partial charge in [0.1, 0.15) is 12.2 Å². The number of rotatable bonds is 4. The smallest absolute Gasteiger partial charge is 0.253 e. The summed E-state index contributed by atoms with van der Waals surface area (Å²) in [5.74, 6) is 0.942. The first-order chi connectivity index (χ1) is 10.6. The van der Waals surface area contributed by atoms with E-state index in [0.717, 1.165) is 17.9 Å². The highest BCUT2D eigenvalue weighted by Gasteiger charge is 2.33. The number of H-pyrrole nitrogens is 1. The number of carbonyl (C=O) groups excluding carboxylic acids is 1. The van der Waals surface area contributed by atoms with E-state index in [1.165, 1.54) is 6.33 Å². The van der Waals surface area contributed by atoms with Gasteiger partial charge < -0.3 is 9.64 Å². The van der Waals surface area contributed by atoms with E-state index < -0.39 is 0 Å². The van der Waals surface area contributed by atoms with Crippen molar-refractivity contribution in [2.75, 3.05) is 20.2 Å². The van der Waals surface area contributed by atoms with Gasteiger partial charge in [-0.3, -0.25) is 14.9 Å². The summed E-state index contributed by atoms with van der Waals surface area (Å²) in [5.41, 5.74) is 1.47. The Hall–Kier alpha value is -2.28. The lowest BCUT2D eigenvalue weighted by molar-refractivity contribution is 0.0550. The Morgan fingerprint density at radius 1 is 1.50 bits per heavy atom. The summed E-state index contributed by atoms with van der Waals surface area (Å²) >= 11 is 0. The Bertz CT molecular complexity index is 643. The number of hydrogen-bond donors (Lipinski definition) is 1. The molecule has 7 nitrogen and oxygen atoms in total. The van der Waals surface area contributed by atoms with Crippen molar-refractivity contribution in [3.05, 3.63) is 41.7 Å². The van der Waals surface area contributed by atoms with Crippen LogP contribution in [0.15, 0.2) is 24.7 Å². The zero-order valence-corrected chi connectivity index (χ0v) is 12.7. The standard InChI is InChI=1S/C15H19N5O2/c1-10-7-11(3-5-16-10)15(21)20(2)8-13-12(4-6-22-13)14-17-9-18-19-14/h3,5,7,9,12-13H,4,6,8H2,1-2H3,(H,17,18,19)/t12-,13-/m1/s1. The number of aromatic nitrogens is 4. The summed E-state index contributed by atoms with van der Waals surface area (Å²) in [4.78, 5) is 22.5. The molecule has 1 saturated heterocycles. The average Bonchev–Trinajstić information content (AvgIpc) is 3.17. The second-order valence-electron chi connectivity index (χ2n) is 5.55. The van der Waals surface area contributed by atoms with E-state index in [1.807, 2.05) is 6.92 Å². The van der Waals surface area contributed by atoms with Crippen molar-refractivity contribution >= 4 is 5.91 Å². The first kappa shape index (κ1) is 14.6. The minimum atomic E-state index is -0.0650. The van der Waals surface area contributed by atoms with E-state index in [2.05, 4.69) is 20.2 Å². The number of nitrogens with zero attached hydrogens (tertiary/aromatic N) is 4. The number of ether oxygens (including phenoxy) is 1. The zero-order valence-electron chi connectivity index (χ0n) is 12.7. The van der Waals surface area contributed by atoms with Gasteiger partial charge in [0.05, 0.1) is 6.10 Å². The van der Waals surface area contributed by atoms with Gasteiger partial charge in [0.15, 0.2) is 0 Å². The van der Waals surface area contributed by atoms with E-state index >= 15 is 0 Å². The van der Waals surface area contributed by atoms with Crippen LogP contribution in [0.4, 0.5) is 0 Å². The SMILES string of the molecule is Cc1cc(C(=O)N(C)C[C@H]2OCC[C@H]2c2ncn[nH]2)ccn1. The largest absolute Gasteiger partial charge is 0.376 e. The van der Waals surface area contributed by atoms with Crippen LogP contribution in [0.25, 0.3) is 0 Å². The molecule has 0 unspecified atom stereocenters. The van der Waals surface area contributed by atoms with Crippen LogP contribution in [0.1, 0.15) is 34.2 Å². The van der Waals surface area contributed by atoms with Gasteiger partial charge in [-0.15, -0.1) is 0 Å². The van der Waals surface area contributed by atoms with Crippen molar-refractivity contribution in [1.29, 1.82) is 0 Å². The van der Waals surface area contributed by atoms with E-state index in [9.17, 15) is 4.79 Å². The van der Waals surface area contributed by atoms with Crippen molar-refractivity contribution in [2.24, 2.45) is 0 Å². The molecule has 2 aromatic heterocycles. The molecule has 0 radical (unpaired) electrons. The molecular weight excluding hydrogens is 282 g/mol. The molecular formula is C15H19N5O2. The molecule has 1 N–H and O–H groups in total. The van der Waals surface area contributed by atoms with Crippen LogP contribution in [-0.2, 0) is 4.74 Å². The topological polar surface area (TPSA) is 84.0 Å². The molecule has 0 bridgehead atoms. The molecule has 0 aliphatic carbocycles. The van der Waals surface area contributed by atoms with Crippen LogP contribution in [0, 0.1) is 6.92 Å². The molecule has 1 amide bonds. The minimum Gasteiger partial charge on any atom is -0.376 e. The molecule has 1 aliphatic heterocycles. The molecule has 22 heavy (non-hydrogen) atoms. The molecule has 1 fully saturated rings. The van der Waals surface area contributed by atoms with Crippen LogP contribution in [0.2, 0.25) is 0 Å². The fourth-order valence-electron chi connectivity index (χ4n) is 2.79. The quantitative estimate of drug-likeness (QED) is 0.916. The Labute approximate surface area is 128 Å². The number of nitrogens with one attached hydrogen (secondary N) is 1. The number of likely N-dealkylation sites (N-methyl/N-ethyl adjacent to an activating group) is 1. The Kier molecular flexibility index (Phi) is 4.15. The first-order valence-corrected chi connectivity index (χ1v) is 7.30. The monoisotopic (exact) mass is 301 g/mol. The fourth-order valence-corrected chi connectivity index (χ4v) is 2.79. The van der Waals surface area contributed by atoms with Gasteiger partial charge in [-0.1, -0.05) is 0 Å². The minimum absolute atomic E-state index is 0.0303. The lowest BCUT2D eigenvalue weighted by Gasteiger charge is -2.24. The van der Waals surface area contributed by atoms with Gasteiger partial charge in [-0.25, -0.2) is 4.98 Å². The Balaban J connectivity index is 1.68. The predicted octanol–water partition coefficient (Wildman–Crippen LogP) is 1.15. The average molecular weight is 301 g/mol. The number of pyridine rings is 1. The zero-order chi connectivity index (χ0) is 15.5. The Morgan fingerprint density at radius 3 is 3.09 bits per heavy atom. The normalized spacial score (nSPS) is 21.0. The molecule has 3 rings (SSSR count). The molecule has 7 heteroatoms. The third kappa shape index (κ3) is 2.99. The molecule has 116 valence electrons. The van der Waals surface area contributed by atoms with Crippen LogP contribution in [-0.4, -0.2) is 57.3 Å². The van der Waals surface area contributed by atoms with E-state index in [4.69, 9.17) is 4.74 Å². The van der Waals surface area contributed by atoms with E-state index in [1.54, 1.807) is 30.3 Å². The molecule has 3 heterocycles. The van der Waals surface area contributed by atoms with Crippen molar-refractivity contribution < 1.29 is 9.53 Å². The lowest BCUT2D eigenvalue weighted by atomic mass is 10.0. The summed E-state index contributed by atoms with van der Waals surface area (Å²) in [6.07, 6.45) is 3.97. The van der Waals surface area contributed by atoms with Gasteiger partial charge in [-0.05, 0) is 25.5 Å². The third-order valence-corrected chi connectivity index (χ3v) is 3.94. The highest BCUT2D eigenvalue weighted by atomic mass is 16.5. The molecule has 2 atom stereocenters. The number of aryl methyl sites for hydroxylation is 1. The summed E-state index contributed by atoms with van der Waals surface area (Å²) in [5, 5.41) is 6.79. The Morgan fingerprint density at radius 2 is 2.36 bits per heavy atom. The van der Waals surface area contributed by atoms with Gasteiger partial charge in [0, 0.05) is 43.6 Å². The second kappa shape index (κ2) is 6.23. The number of aromatic amines is 1. The lowest BCUT2D eigenvalue weighted by Crippen LogP contribution is -2.36. The molecule has 0 spiro atoms. The maximum atomic E-state index is 12.5. The van der Waals surface area contributed by atoms with Crippen LogP contribution >= 0.6 is 0 Å². The fraction of sp³-hybridized carbons (Fsp3) is 0.467. The summed E-state index contributed by atoms with van der Waals surface area (Å²) in [6, 6.07) is 3.53. The number of carbonyl (C=O) groups is 1. The van der Waals surface area contributed by atoms with Gasteiger partial charge in [-0.2, -0.15) is 5.10 Å². The highest BCUT2D eigenvalue weighted by Crippen LogP contribution is 2.29. The molecule has 0 aromatic carbocycles. The van der Waals surface area contributed by atoms with Crippen molar-refractivity contribution in [3.8, 4) is 0 Å². The first-order valence-electron chi connectivity index (χ1n) is 7.30. The maximum Gasteiger partial charge on any atom is 0.253 e. The number of hydrogen-bond acceptors (Lipinski definition) is 5. The van der Waals surface area contributed by atoms with E-state index in [0.29, 0.717) is 18.7 Å².